The van der Waals surface area contributed by atoms with Crippen LogP contribution in [0.15, 0.2) is 24.3 Å². The molecule has 2 aromatic rings. The number of amides is 1. The number of carbonyl (C=O) groups is 1. The Morgan fingerprint density at radius 3 is 2.60 bits per heavy atom. The maximum absolute atomic E-state index is 12.2. The largest absolute Gasteiger partial charge is 0.384 e. The number of aromatic nitrogens is 2. The minimum Gasteiger partial charge on any atom is -0.384 e. The smallest absolute Gasteiger partial charge is 0.257 e. The highest BCUT2D eigenvalue weighted by Gasteiger charge is 2.10. The van der Waals surface area contributed by atoms with Gasteiger partial charge in [0.25, 0.3) is 5.91 Å². The highest BCUT2D eigenvalue weighted by atomic mass is 16.1. The topological polar surface area (TPSA) is 80.9 Å². The third-order valence-electron chi connectivity index (χ3n) is 2.86. The van der Waals surface area contributed by atoms with Gasteiger partial charge < -0.3 is 11.1 Å². The lowest BCUT2D eigenvalue weighted by Gasteiger charge is -2.08. The summed E-state index contributed by atoms with van der Waals surface area (Å²) in [6.45, 7) is 5.82. The zero-order valence-electron chi connectivity index (χ0n) is 11.9. The van der Waals surface area contributed by atoms with Gasteiger partial charge in [-0.3, -0.25) is 4.79 Å². The number of nitrogen functional groups attached to an aromatic ring is 1. The van der Waals surface area contributed by atoms with E-state index in [9.17, 15) is 4.79 Å². The van der Waals surface area contributed by atoms with Gasteiger partial charge in [-0.1, -0.05) is 6.92 Å². The van der Waals surface area contributed by atoms with Gasteiger partial charge in [-0.05, 0) is 50.1 Å². The highest BCUT2D eigenvalue weighted by Crippen LogP contribution is 2.13. The second kappa shape index (κ2) is 5.69. The molecule has 2 heterocycles. The average Bonchev–Trinajstić information content (AvgIpc) is 2.36. The Kier molecular flexibility index (Phi) is 3.98. The third kappa shape index (κ3) is 3.32. The van der Waals surface area contributed by atoms with E-state index in [4.69, 9.17) is 5.73 Å². The fourth-order valence-electron chi connectivity index (χ4n) is 2.02. The molecule has 0 unspecified atom stereocenters. The van der Waals surface area contributed by atoms with Crippen LogP contribution in [0.5, 0.6) is 0 Å². The van der Waals surface area contributed by atoms with E-state index in [0.29, 0.717) is 17.2 Å². The summed E-state index contributed by atoms with van der Waals surface area (Å²) < 4.78 is 0. The van der Waals surface area contributed by atoms with Crippen molar-refractivity contribution in [2.45, 2.75) is 27.2 Å². The number of nitrogens with two attached hydrogens (primary N) is 1. The van der Waals surface area contributed by atoms with E-state index >= 15 is 0 Å². The number of anilines is 2. The van der Waals surface area contributed by atoms with Gasteiger partial charge in [0, 0.05) is 17.0 Å². The molecule has 0 radical (unpaired) electrons. The van der Waals surface area contributed by atoms with Gasteiger partial charge in [0.2, 0.25) is 0 Å². The molecule has 104 valence electrons. The van der Waals surface area contributed by atoms with Gasteiger partial charge in [-0.2, -0.15) is 0 Å². The van der Waals surface area contributed by atoms with Crippen LogP contribution in [0.4, 0.5) is 11.6 Å². The molecule has 2 rings (SSSR count). The molecular weight excluding hydrogens is 252 g/mol. The maximum atomic E-state index is 12.2. The van der Waals surface area contributed by atoms with Crippen LogP contribution in [-0.4, -0.2) is 15.9 Å². The Labute approximate surface area is 118 Å². The predicted molar refractivity (Wildman–Crippen MR) is 79.7 cm³/mol. The second-order valence-corrected chi connectivity index (χ2v) is 4.75. The molecule has 1 amide bonds. The van der Waals surface area contributed by atoms with Crippen LogP contribution in [0.3, 0.4) is 0 Å². The first-order chi connectivity index (χ1) is 9.47. The number of carbonyl (C=O) groups excluding carboxylic acids is 1. The van der Waals surface area contributed by atoms with E-state index in [-0.39, 0.29) is 5.91 Å². The third-order valence-corrected chi connectivity index (χ3v) is 2.86. The molecule has 0 atom stereocenters. The molecule has 20 heavy (non-hydrogen) atoms. The Hall–Kier alpha value is -2.43. The van der Waals surface area contributed by atoms with Crippen molar-refractivity contribution in [3.8, 4) is 0 Å². The molecule has 0 aromatic carbocycles. The number of nitrogens with one attached hydrogen (secondary N) is 1. The average molecular weight is 270 g/mol. The fraction of sp³-hybridized carbons (Fsp3) is 0.267. The molecule has 0 saturated heterocycles. The minimum absolute atomic E-state index is 0.230. The van der Waals surface area contributed by atoms with Crippen LogP contribution < -0.4 is 11.1 Å². The number of hydrogen-bond donors (Lipinski definition) is 2. The summed E-state index contributed by atoms with van der Waals surface area (Å²) in [5.74, 6) is 0.662. The van der Waals surface area contributed by atoms with Crippen LogP contribution in [0.1, 0.15) is 34.2 Å². The zero-order chi connectivity index (χ0) is 14.7. The van der Waals surface area contributed by atoms with Crippen molar-refractivity contribution in [1.82, 2.24) is 9.97 Å². The van der Waals surface area contributed by atoms with Gasteiger partial charge in [0.15, 0.2) is 0 Å². The van der Waals surface area contributed by atoms with Gasteiger partial charge in [0.05, 0.1) is 0 Å². The molecular formula is C15H18N4O. The molecule has 0 spiro atoms. The van der Waals surface area contributed by atoms with Gasteiger partial charge in [0.1, 0.15) is 11.6 Å². The lowest BCUT2D eigenvalue weighted by Crippen LogP contribution is -2.14. The summed E-state index contributed by atoms with van der Waals surface area (Å²) >= 11 is 0. The molecule has 5 nitrogen and oxygen atoms in total. The lowest BCUT2D eigenvalue weighted by molar-refractivity contribution is 0.102. The first-order valence-corrected chi connectivity index (χ1v) is 6.51. The standard InChI is InChI=1S/C15H18N4O/c1-4-12-7-11(8-13(16)18-12)15(20)19-14-6-9(2)5-10(3)17-14/h5-8H,4H2,1-3H3,(H2,16,18)(H,17,19,20). The zero-order valence-corrected chi connectivity index (χ0v) is 11.9. The van der Waals surface area contributed by atoms with Crippen molar-refractivity contribution in [3.63, 3.8) is 0 Å². The number of rotatable bonds is 3. The molecule has 3 N–H and O–H groups in total. The molecule has 0 saturated carbocycles. The minimum atomic E-state index is -0.230. The van der Waals surface area contributed by atoms with Gasteiger partial charge in [-0.15, -0.1) is 0 Å². The molecule has 0 aliphatic rings. The van der Waals surface area contributed by atoms with Gasteiger partial charge >= 0.3 is 0 Å². The number of hydrogen-bond acceptors (Lipinski definition) is 4. The second-order valence-electron chi connectivity index (χ2n) is 4.75. The Morgan fingerprint density at radius 1 is 1.20 bits per heavy atom. The summed E-state index contributed by atoms with van der Waals surface area (Å²) in [7, 11) is 0. The van der Waals surface area contributed by atoms with Crippen molar-refractivity contribution >= 4 is 17.5 Å². The lowest BCUT2D eigenvalue weighted by atomic mass is 10.2. The van der Waals surface area contributed by atoms with E-state index in [0.717, 1.165) is 23.4 Å². The van der Waals surface area contributed by atoms with Crippen LogP contribution >= 0.6 is 0 Å². The summed E-state index contributed by atoms with van der Waals surface area (Å²) in [6, 6.07) is 7.09. The normalized spacial score (nSPS) is 10.3. The SMILES string of the molecule is CCc1cc(C(=O)Nc2cc(C)cc(C)n2)cc(N)n1. The van der Waals surface area contributed by atoms with Crippen LogP contribution in [0.25, 0.3) is 0 Å². The number of aryl methyl sites for hydroxylation is 3. The van der Waals surface area contributed by atoms with Crippen molar-refractivity contribution in [2.24, 2.45) is 0 Å². The number of nitrogens with zero attached hydrogens (tertiary/aromatic N) is 2. The monoisotopic (exact) mass is 270 g/mol. The summed E-state index contributed by atoms with van der Waals surface area (Å²) in [6.07, 6.45) is 0.729. The van der Waals surface area contributed by atoms with Crippen molar-refractivity contribution in [3.05, 3.63) is 46.8 Å². The van der Waals surface area contributed by atoms with E-state index in [1.165, 1.54) is 0 Å². The first kappa shape index (κ1) is 14.0. The molecule has 2 aromatic heterocycles. The van der Waals surface area contributed by atoms with E-state index in [1.54, 1.807) is 12.1 Å². The molecule has 0 bridgehead atoms. The first-order valence-electron chi connectivity index (χ1n) is 6.51. The summed E-state index contributed by atoms with van der Waals surface area (Å²) in [4.78, 5) is 20.7. The van der Waals surface area contributed by atoms with Gasteiger partial charge in [-0.25, -0.2) is 9.97 Å². The maximum Gasteiger partial charge on any atom is 0.257 e. The summed E-state index contributed by atoms with van der Waals surface area (Å²) in [5, 5.41) is 2.79. The van der Waals surface area contributed by atoms with Crippen LogP contribution in [0, 0.1) is 13.8 Å². The van der Waals surface area contributed by atoms with Crippen LogP contribution in [-0.2, 0) is 6.42 Å². The predicted octanol–water partition coefficient (Wildman–Crippen LogP) is 2.49. The Morgan fingerprint density at radius 2 is 1.95 bits per heavy atom. The van der Waals surface area contributed by atoms with Crippen LogP contribution in [0.2, 0.25) is 0 Å². The molecule has 5 heteroatoms. The molecule has 0 aliphatic carbocycles. The molecule has 0 aliphatic heterocycles. The van der Waals surface area contributed by atoms with Crippen molar-refractivity contribution in [2.75, 3.05) is 11.1 Å². The van der Waals surface area contributed by atoms with E-state index < -0.39 is 0 Å². The Bertz CT molecular complexity index is 632. The summed E-state index contributed by atoms with van der Waals surface area (Å²) in [5.41, 5.74) is 8.91. The quantitative estimate of drug-likeness (QED) is 0.897. The van der Waals surface area contributed by atoms with Crippen molar-refractivity contribution < 1.29 is 4.79 Å². The highest BCUT2D eigenvalue weighted by molar-refractivity contribution is 6.04. The number of pyridine rings is 2. The fourth-order valence-corrected chi connectivity index (χ4v) is 2.02. The van der Waals surface area contributed by atoms with E-state index in [1.807, 2.05) is 32.9 Å². The van der Waals surface area contributed by atoms with E-state index in [2.05, 4.69) is 15.3 Å². The molecule has 0 fully saturated rings. The van der Waals surface area contributed by atoms with Crippen molar-refractivity contribution in [1.29, 1.82) is 0 Å². The Balaban J connectivity index is 2.25.